The number of rotatable bonds is 5. The molecule has 0 bridgehead atoms. The number of aliphatic hydroxyl groups is 1. The molecule has 0 aliphatic rings. The van der Waals surface area contributed by atoms with E-state index in [2.05, 4.69) is 19.2 Å². The predicted octanol–water partition coefficient (Wildman–Crippen LogP) is 2.93. The van der Waals surface area contributed by atoms with Crippen molar-refractivity contribution < 1.29 is 9.84 Å². The number of halogens is 1. The topological polar surface area (TPSA) is 41.5 Å². The van der Waals surface area contributed by atoms with Crippen LogP contribution in [0.15, 0.2) is 12.1 Å². The van der Waals surface area contributed by atoms with Crippen molar-refractivity contribution >= 4 is 11.6 Å². The van der Waals surface area contributed by atoms with Crippen LogP contribution in [0.5, 0.6) is 5.75 Å². The Hall–Kier alpha value is -0.770. The maximum Gasteiger partial charge on any atom is 0.125 e. The minimum atomic E-state index is -0.650. The van der Waals surface area contributed by atoms with Crippen molar-refractivity contribution in [3.05, 3.63) is 28.3 Å². The maximum absolute atomic E-state index is 10.5. The van der Waals surface area contributed by atoms with E-state index in [1.54, 1.807) is 13.2 Å². The first-order valence-electron chi connectivity index (χ1n) is 6.11. The maximum atomic E-state index is 10.5. The van der Waals surface area contributed by atoms with Crippen molar-refractivity contribution in [1.29, 1.82) is 0 Å². The standard InChI is InChI=1S/C14H22ClNO2/c1-8(2)13(16-4)14(17)10-7-11(15)9(3)6-12(10)18-5/h6-8,13-14,16-17H,1-5H3. The minimum absolute atomic E-state index is 0.0438. The van der Waals surface area contributed by atoms with Crippen LogP contribution in [0.2, 0.25) is 5.02 Å². The summed E-state index contributed by atoms with van der Waals surface area (Å²) in [6, 6.07) is 3.60. The lowest BCUT2D eigenvalue weighted by atomic mass is 9.92. The Labute approximate surface area is 114 Å². The quantitative estimate of drug-likeness (QED) is 0.865. The zero-order valence-corrected chi connectivity index (χ0v) is 12.4. The first-order chi connectivity index (χ1) is 8.42. The molecule has 0 fully saturated rings. The second-order valence-electron chi connectivity index (χ2n) is 4.85. The van der Waals surface area contributed by atoms with Crippen LogP contribution in [0.3, 0.4) is 0 Å². The second kappa shape index (κ2) is 6.41. The van der Waals surface area contributed by atoms with Gasteiger partial charge in [-0.3, -0.25) is 0 Å². The van der Waals surface area contributed by atoms with Gasteiger partial charge in [-0.15, -0.1) is 0 Å². The number of likely N-dealkylation sites (N-methyl/N-ethyl adjacent to an activating group) is 1. The Kier molecular flexibility index (Phi) is 5.45. The van der Waals surface area contributed by atoms with Gasteiger partial charge in [0, 0.05) is 16.6 Å². The van der Waals surface area contributed by atoms with Crippen LogP contribution in [0, 0.1) is 12.8 Å². The van der Waals surface area contributed by atoms with Crippen molar-refractivity contribution in [1.82, 2.24) is 5.32 Å². The van der Waals surface area contributed by atoms with Crippen molar-refractivity contribution in [2.24, 2.45) is 5.92 Å². The van der Waals surface area contributed by atoms with E-state index in [4.69, 9.17) is 16.3 Å². The Bertz CT molecular complexity index is 407. The summed E-state index contributed by atoms with van der Waals surface area (Å²) in [4.78, 5) is 0. The summed E-state index contributed by atoms with van der Waals surface area (Å²) >= 11 is 6.13. The number of aryl methyl sites for hydroxylation is 1. The highest BCUT2D eigenvalue weighted by Gasteiger charge is 2.25. The van der Waals surface area contributed by atoms with E-state index >= 15 is 0 Å². The number of nitrogens with one attached hydrogen (secondary N) is 1. The molecule has 0 radical (unpaired) electrons. The van der Waals surface area contributed by atoms with Gasteiger partial charge in [-0.2, -0.15) is 0 Å². The van der Waals surface area contributed by atoms with E-state index < -0.39 is 6.10 Å². The summed E-state index contributed by atoms with van der Waals surface area (Å²) < 4.78 is 5.33. The Morgan fingerprint density at radius 3 is 2.39 bits per heavy atom. The molecule has 0 aliphatic carbocycles. The van der Waals surface area contributed by atoms with Crippen molar-refractivity contribution in [2.75, 3.05) is 14.2 Å². The van der Waals surface area contributed by atoms with Gasteiger partial charge < -0.3 is 15.2 Å². The van der Waals surface area contributed by atoms with Gasteiger partial charge in [0.15, 0.2) is 0 Å². The minimum Gasteiger partial charge on any atom is -0.496 e. The van der Waals surface area contributed by atoms with Gasteiger partial charge in [0.25, 0.3) is 0 Å². The van der Waals surface area contributed by atoms with Crippen molar-refractivity contribution in [3.63, 3.8) is 0 Å². The molecule has 0 spiro atoms. The van der Waals surface area contributed by atoms with E-state index in [1.165, 1.54) is 0 Å². The van der Waals surface area contributed by atoms with Gasteiger partial charge >= 0.3 is 0 Å². The molecule has 0 saturated carbocycles. The zero-order chi connectivity index (χ0) is 13.9. The van der Waals surface area contributed by atoms with Crippen LogP contribution >= 0.6 is 11.6 Å². The van der Waals surface area contributed by atoms with Gasteiger partial charge in [-0.05, 0) is 37.6 Å². The highest BCUT2D eigenvalue weighted by molar-refractivity contribution is 6.31. The van der Waals surface area contributed by atoms with E-state index in [1.807, 2.05) is 20.0 Å². The molecule has 102 valence electrons. The molecular formula is C14H22ClNO2. The summed E-state index contributed by atoms with van der Waals surface area (Å²) in [6.07, 6.45) is -0.650. The lowest BCUT2D eigenvalue weighted by Gasteiger charge is -2.27. The van der Waals surface area contributed by atoms with Crippen LogP contribution in [0.1, 0.15) is 31.1 Å². The lowest BCUT2D eigenvalue weighted by molar-refractivity contribution is 0.107. The number of methoxy groups -OCH3 is 1. The number of hydrogen-bond acceptors (Lipinski definition) is 3. The van der Waals surface area contributed by atoms with E-state index in [9.17, 15) is 5.11 Å². The van der Waals surface area contributed by atoms with Crippen molar-refractivity contribution in [2.45, 2.75) is 32.9 Å². The first kappa shape index (κ1) is 15.3. The average molecular weight is 272 g/mol. The fourth-order valence-corrected chi connectivity index (χ4v) is 2.30. The van der Waals surface area contributed by atoms with Crippen LogP contribution in [-0.4, -0.2) is 25.3 Å². The molecular weight excluding hydrogens is 250 g/mol. The fourth-order valence-electron chi connectivity index (χ4n) is 2.13. The SMILES string of the molecule is CNC(C(C)C)C(O)c1cc(Cl)c(C)cc1OC. The monoisotopic (exact) mass is 271 g/mol. The summed E-state index contributed by atoms with van der Waals surface area (Å²) in [5.74, 6) is 0.972. The van der Waals surface area contributed by atoms with Gasteiger partial charge in [-0.1, -0.05) is 25.4 Å². The average Bonchev–Trinajstić information content (AvgIpc) is 2.32. The van der Waals surface area contributed by atoms with Gasteiger partial charge in [-0.25, -0.2) is 0 Å². The van der Waals surface area contributed by atoms with E-state index in [0.29, 0.717) is 16.7 Å². The number of hydrogen-bond donors (Lipinski definition) is 2. The molecule has 3 nitrogen and oxygen atoms in total. The van der Waals surface area contributed by atoms with Crippen LogP contribution in [0.25, 0.3) is 0 Å². The largest absolute Gasteiger partial charge is 0.496 e. The zero-order valence-electron chi connectivity index (χ0n) is 11.6. The number of aliphatic hydroxyl groups excluding tert-OH is 1. The molecule has 4 heteroatoms. The third kappa shape index (κ3) is 3.16. The molecule has 1 rings (SSSR count). The molecule has 1 aromatic carbocycles. The Morgan fingerprint density at radius 2 is 1.94 bits per heavy atom. The molecule has 1 aromatic rings. The molecule has 2 atom stereocenters. The smallest absolute Gasteiger partial charge is 0.125 e. The summed E-state index contributed by atoms with van der Waals surface area (Å²) in [5.41, 5.74) is 1.66. The molecule has 0 heterocycles. The highest BCUT2D eigenvalue weighted by atomic mass is 35.5. The number of ether oxygens (including phenoxy) is 1. The third-order valence-electron chi connectivity index (χ3n) is 3.22. The predicted molar refractivity (Wildman–Crippen MR) is 75.4 cm³/mol. The Balaban J connectivity index is 3.18. The fraction of sp³-hybridized carbons (Fsp3) is 0.571. The summed E-state index contributed by atoms with van der Waals surface area (Å²) in [5, 5.41) is 14.3. The van der Waals surface area contributed by atoms with Gasteiger partial charge in [0.05, 0.1) is 13.2 Å². The third-order valence-corrected chi connectivity index (χ3v) is 3.63. The summed E-state index contributed by atoms with van der Waals surface area (Å²) in [7, 11) is 3.44. The molecule has 0 amide bonds. The molecule has 2 unspecified atom stereocenters. The van der Waals surface area contributed by atoms with Crippen LogP contribution in [-0.2, 0) is 0 Å². The van der Waals surface area contributed by atoms with E-state index in [-0.39, 0.29) is 6.04 Å². The Morgan fingerprint density at radius 1 is 1.33 bits per heavy atom. The van der Waals surface area contributed by atoms with Gasteiger partial charge in [0.2, 0.25) is 0 Å². The van der Waals surface area contributed by atoms with Gasteiger partial charge in [0.1, 0.15) is 5.75 Å². The highest BCUT2D eigenvalue weighted by Crippen LogP contribution is 2.33. The second-order valence-corrected chi connectivity index (χ2v) is 5.25. The van der Waals surface area contributed by atoms with Crippen LogP contribution < -0.4 is 10.1 Å². The molecule has 0 aliphatic heterocycles. The summed E-state index contributed by atoms with van der Waals surface area (Å²) in [6.45, 7) is 6.04. The molecule has 2 N–H and O–H groups in total. The normalized spacial score (nSPS) is 14.7. The first-order valence-corrected chi connectivity index (χ1v) is 6.49. The van der Waals surface area contributed by atoms with Crippen LogP contribution in [0.4, 0.5) is 0 Å². The molecule has 0 saturated heterocycles. The molecule has 18 heavy (non-hydrogen) atoms. The molecule has 0 aromatic heterocycles. The lowest BCUT2D eigenvalue weighted by Crippen LogP contribution is -2.36. The number of benzene rings is 1. The van der Waals surface area contributed by atoms with Crippen molar-refractivity contribution in [3.8, 4) is 5.75 Å². The van der Waals surface area contributed by atoms with E-state index in [0.717, 1.165) is 11.1 Å².